The smallest absolute Gasteiger partial charge is 0.270 e. The van der Waals surface area contributed by atoms with Crippen LogP contribution < -0.4 is 5.73 Å². The van der Waals surface area contributed by atoms with Crippen molar-refractivity contribution in [3.05, 3.63) is 69.8 Å². The predicted molar refractivity (Wildman–Crippen MR) is 119 cm³/mol. The number of nitrogen functional groups attached to an aromatic ring is 1. The van der Waals surface area contributed by atoms with Gasteiger partial charge in [-0.25, -0.2) is 0 Å². The third-order valence-corrected chi connectivity index (χ3v) is 6.24. The first kappa shape index (κ1) is 23.6. The van der Waals surface area contributed by atoms with Crippen LogP contribution in [0.4, 0.5) is 11.4 Å². The molecule has 0 aromatic heterocycles. The average molecular weight is 440 g/mol. The van der Waals surface area contributed by atoms with Crippen molar-refractivity contribution in [2.75, 3.05) is 18.9 Å². The van der Waals surface area contributed by atoms with Gasteiger partial charge in [0.25, 0.3) is 5.69 Å². The summed E-state index contributed by atoms with van der Waals surface area (Å²) in [5.41, 5.74) is 6.74. The summed E-state index contributed by atoms with van der Waals surface area (Å²) in [6, 6.07) is 12.7. The van der Waals surface area contributed by atoms with Crippen molar-refractivity contribution in [3.63, 3.8) is 0 Å². The van der Waals surface area contributed by atoms with Crippen molar-refractivity contribution < 1.29 is 24.7 Å². The molecule has 0 radical (unpaired) electrons. The number of rotatable bonds is 9. The van der Waals surface area contributed by atoms with Crippen molar-refractivity contribution in [1.29, 1.82) is 0 Å². The quantitative estimate of drug-likeness (QED) is 0.234. The fourth-order valence-corrected chi connectivity index (χ4v) is 3.53. The highest BCUT2D eigenvalue weighted by atomic mass is 16.6. The highest BCUT2D eigenvalue weighted by Gasteiger charge is 2.44. The normalized spacial score (nSPS) is 16.9. The zero-order chi connectivity index (χ0) is 23.4. The fraction of sp³-hybridized carbons (Fsp3) is 0.417. The van der Waals surface area contributed by atoms with Crippen molar-refractivity contribution in [2.45, 2.75) is 38.5 Å². The Hall–Kier alpha value is -3.10. The van der Waals surface area contributed by atoms with Gasteiger partial charge < -0.3 is 15.9 Å². The summed E-state index contributed by atoms with van der Waals surface area (Å²) < 4.78 is 0. The topological polar surface area (TPSA) is 144 Å². The summed E-state index contributed by atoms with van der Waals surface area (Å²) in [5, 5.41) is 28.8. The lowest BCUT2D eigenvalue weighted by molar-refractivity contribution is -0.384. The summed E-state index contributed by atoms with van der Waals surface area (Å²) in [4.78, 5) is 33.8. The van der Waals surface area contributed by atoms with Gasteiger partial charge in [-0.1, -0.05) is 24.3 Å². The van der Waals surface area contributed by atoms with Crippen LogP contribution in [-0.2, 0) is 0 Å². The molecule has 2 aromatic carbocycles. The third kappa shape index (κ3) is 5.99. The van der Waals surface area contributed by atoms with Crippen LogP contribution in [0, 0.1) is 20.9 Å². The first-order valence-electron chi connectivity index (χ1n) is 10.6. The number of nitrogens with two attached hydrogens (primary N) is 1. The summed E-state index contributed by atoms with van der Waals surface area (Å²) in [7, 11) is 0. The molecule has 0 spiro atoms. The van der Waals surface area contributed by atoms with Crippen LogP contribution in [0.1, 0.15) is 59.2 Å². The molecule has 4 N–H and O–H groups in total. The number of nitro groups is 1. The third-order valence-electron chi connectivity index (χ3n) is 6.24. The standard InChI is InChI=1S/C12H13NO4.C12H15NO2/c14-8-12(4-5-12)7-11(15)9-2-1-3-10(6-9)13(16)17;13-10-3-1-2-9(6-10)11(15)7-12(8-14)4-5-12/h1-3,6,14H,4-5,7-8H2;1-3,6,14H,4-5,7-8,13H2. The van der Waals surface area contributed by atoms with E-state index in [2.05, 4.69) is 0 Å². The molecule has 2 saturated carbocycles. The number of hydrogen-bond acceptors (Lipinski definition) is 7. The number of anilines is 1. The minimum Gasteiger partial charge on any atom is -0.399 e. The van der Waals surface area contributed by atoms with Crippen LogP contribution in [0.15, 0.2) is 48.5 Å². The van der Waals surface area contributed by atoms with Crippen molar-refractivity contribution >= 4 is 22.9 Å². The summed E-state index contributed by atoms with van der Waals surface area (Å²) in [6.45, 7) is 0.120. The van der Waals surface area contributed by atoms with E-state index in [9.17, 15) is 19.7 Å². The molecule has 0 saturated heterocycles. The maximum atomic E-state index is 11.9. The molecule has 2 aliphatic carbocycles. The van der Waals surface area contributed by atoms with E-state index in [1.54, 1.807) is 30.3 Å². The van der Waals surface area contributed by atoms with E-state index in [1.807, 2.05) is 0 Å². The Morgan fingerprint density at radius 2 is 1.34 bits per heavy atom. The van der Waals surface area contributed by atoms with Gasteiger partial charge in [-0.15, -0.1) is 0 Å². The first-order valence-corrected chi connectivity index (χ1v) is 10.6. The van der Waals surface area contributed by atoms with Crippen LogP contribution in [-0.4, -0.2) is 39.9 Å². The molecule has 2 aliphatic rings. The Kier molecular flexibility index (Phi) is 7.06. The maximum absolute atomic E-state index is 11.9. The molecule has 0 amide bonds. The van der Waals surface area contributed by atoms with Crippen molar-refractivity contribution in [3.8, 4) is 0 Å². The minimum atomic E-state index is -0.518. The summed E-state index contributed by atoms with van der Waals surface area (Å²) in [6.07, 6.45) is 4.32. The summed E-state index contributed by atoms with van der Waals surface area (Å²) in [5.74, 6) is -0.0610. The molecule has 32 heavy (non-hydrogen) atoms. The zero-order valence-electron chi connectivity index (χ0n) is 17.8. The monoisotopic (exact) mass is 440 g/mol. The number of carbonyl (C=O) groups excluding carboxylic acids is 2. The number of ketones is 2. The van der Waals surface area contributed by atoms with Crippen LogP contribution in [0.5, 0.6) is 0 Å². The van der Waals surface area contributed by atoms with Gasteiger partial charge in [0.15, 0.2) is 11.6 Å². The van der Waals surface area contributed by atoms with E-state index >= 15 is 0 Å². The lowest BCUT2D eigenvalue weighted by Gasteiger charge is -2.10. The number of aliphatic hydroxyl groups is 2. The molecule has 2 aromatic rings. The Bertz CT molecular complexity index is 1010. The number of hydrogen-bond donors (Lipinski definition) is 3. The molecule has 8 heteroatoms. The first-order chi connectivity index (χ1) is 15.2. The van der Waals surface area contributed by atoms with Crippen LogP contribution in [0.2, 0.25) is 0 Å². The Balaban J connectivity index is 0.000000182. The Morgan fingerprint density at radius 3 is 1.75 bits per heavy atom. The summed E-state index contributed by atoms with van der Waals surface area (Å²) >= 11 is 0. The van der Waals surface area contributed by atoms with E-state index in [0.29, 0.717) is 23.2 Å². The van der Waals surface area contributed by atoms with Gasteiger partial charge in [0, 0.05) is 65.8 Å². The van der Waals surface area contributed by atoms with Gasteiger partial charge in [0.05, 0.1) is 4.92 Å². The van der Waals surface area contributed by atoms with E-state index in [0.717, 1.165) is 25.7 Å². The number of nitro benzene ring substituents is 1. The largest absolute Gasteiger partial charge is 0.399 e. The molecule has 0 heterocycles. The Labute approximate surface area is 186 Å². The van der Waals surface area contributed by atoms with E-state index in [4.69, 9.17) is 15.9 Å². The Morgan fingerprint density at radius 1 is 0.875 bits per heavy atom. The van der Waals surface area contributed by atoms with Crippen molar-refractivity contribution in [2.24, 2.45) is 10.8 Å². The molecular weight excluding hydrogens is 412 g/mol. The lowest BCUT2D eigenvalue weighted by Crippen LogP contribution is -2.13. The second-order valence-electron chi connectivity index (χ2n) is 8.95. The number of aliphatic hydroxyl groups excluding tert-OH is 2. The lowest BCUT2D eigenvalue weighted by atomic mass is 9.96. The number of non-ortho nitro benzene ring substituents is 1. The molecule has 8 nitrogen and oxygen atoms in total. The molecule has 170 valence electrons. The second-order valence-corrected chi connectivity index (χ2v) is 8.95. The number of benzene rings is 2. The molecule has 0 unspecified atom stereocenters. The van der Waals surface area contributed by atoms with Crippen molar-refractivity contribution in [1.82, 2.24) is 0 Å². The second kappa shape index (κ2) is 9.58. The van der Waals surface area contributed by atoms with E-state index in [-0.39, 0.29) is 47.7 Å². The molecule has 0 bridgehead atoms. The van der Waals surface area contributed by atoms with Crippen LogP contribution in [0.25, 0.3) is 0 Å². The number of Topliss-reactive ketones (excluding diaryl/α,β-unsaturated/α-hetero) is 2. The van der Waals surface area contributed by atoms with Gasteiger partial charge in [0.2, 0.25) is 0 Å². The van der Waals surface area contributed by atoms with E-state index < -0.39 is 4.92 Å². The number of carbonyl (C=O) groups is 2. The van der Waals surface area contributed by atoms with Gasteiger partial charge in [-0.05, 0) is 37.8 Å². The molecule has 0 atom stereocenters. The average Bonchev–Trinajstić information content (AvgIpc) is 3.72. The SMILES string of the molecule is Nc1cccc(C(=O)CC2(CO)CC2)c1.O=C(CC1(CO)CC1)c1cccc([N+](=O)[O-])c1. The zero-order valence-corrected chi connectivity index (χ0v) is 17.8. The highest BCUT2D eigenvalue weighted by molar-refractivity contribution is 5.97. The van der Waals surface area contributed by atoms with Crippen LogP contribution in [0.3, 0.4) is 0 Å². The maximum Gasteiger partial charge on any atom is 0.270 e. The molecule has 2 fully saturated rings. The predicted octanol–water partition coefficient (Wildman–Crippen LogP) is 3.55. The number of nitrogens with zero attached hydrogens (tertiary/aromatic N) is 1. The molecular formula is C24H28N2O6. The minimum absolute atomic E-state index is 0.00761. The van der Waals surface area contributed by atoms with Gasteiger partial charge in [0.1, 0.15) is 0 Å². The molecule has 4 rings (SSSR count). The fourth-order valence-electron chi connectivity index (χ4n) is 3.53. The van der Waals surface area contributed by atoms with Gasteiger partial charge >= 0.3 is 0 Å². The van der Waals surface area contributed by atoms with Gasteiger partial charge in [-0.3, -0.25) is 19.7 Å². The van der Waals surface area contributed by atoms with Gasteiger partial charge in [-0.2, -0.15) is 0 Å². The van der Waals surface area contributed by atoms with E-state index in [1.165, 1.54) is 18.2 Å². The molecule has 0 aliphatic heterocycles. The highest BCUT2D eigenvalue weighted by Crippen LogP contribution is 2.49. The van der Waals surface area contributed by atoms with Crippen LogP contribution >= 0.6 is 0 Å².